The Hall–Kier alpha value is -3.65. The summed E-state index contributed by atoms with van der Waals surface area (Å²) >= 11 is 0. The number of rotatable bonds is 11. The van der Waals surface area contributed by atoms with Crippen molar-refractivity contribution in [3.8, 4) is 0 Å². The summed E-state index contributed by atoms with van der Waals surface area (Å²) in [6.07, 6.45) is 1.39. The van der Waals surface area contributed by atoms with Gasteiger partial charge in [-0.2, -0.15) is 0 Å². The second kappa shape index (κ2) is 12.9. The predicted octanol–water partition coefficient (Wildman–Crippen LogP) is 4.54. The zero-order chi connectivity index (χ0) is 28.7. The van der Waals surface area contributed by atoms with Crippen molar-refractivity contribution in [1.29, 1.82) is 0 Å². The van der Waals surface area contributed by atoms with Gasteiger partial charge in [0, 0.05) is 19.0 Å². The molecular formula is C31H39N3O4S. The van der Waals surface area contributed by atoms with Crippen LogP contribution in [0.25, 0.3) is 0 Å². The molecule has 0 aliphatic heterocycles. The van der Waals surface area contributed by atoms with Crippen LogP contribution in [0, 0.1) is 20.8 Å². The molecule has 3 aromatic carbocycles. The van der Waals surface area contributed by atoms with E-state index in [2.05, 4.69) is 5.32 Å². The third-order valence-electron chi connectivity index (χ3n) is 6.49. The average Bonchev–Trinajstić information content (AvgIpc) is 2.86. The molecule has 7 nitrogen and oxygen atoms in total. The highest BCUT2D eigenvalue weighted by atomic mass is 32.2. The fourth-order valence-corrected chi connectivity index (χ4v) is 5.31. The summed E-state index contributed by atoms with van der Waals surface area (Å²) in [4.78, 5) is 29.2. The Morgan fingerprint density at radius 2 is 1.46 bits per heavy atom. The summed E-state index contributed by atoms with van der Waals surface area (Å²) in [6, 6.07) is 21.8. The minimum absolute atomic E-state index is 0.130. The predicted molar refractivity (Wildman–Crippen MR) is 157 cm³/mol. The zero-order valence-corrected chi connectivity index (χ0v) is 24.5. The Balaban J connectivity index is 2.07. The molecule has 0 fully saturated rings. The molecule has 1 N–H and O–H groups in total. The van der Waals surface area contributed by atoms with Crippen LogP contribution in [0.1, 0.15) is 41.7 Å². The van der Waals surface area contributed by atoms with Gasteiger partial charge in [-0.15, -0.1) is 0 Å². The van der Waals surface area contributed by atoms with Gasteiger partial charge in [-0.3, -0.25) is 13.9 Å². The lowest BCUT2D eigenvalue weighted by Gasteiger charge is -2.34. The van der Waals surface area contributed by atoms with E-state index in [-0.39, 0.29) is 18.5 Å². The van der Waals surface area contributed by atoms with Gasteiger partial charge in [-0.1, -0.05) is 72.3 Å². The molecule has 0 radical (unpaired) electrons. The van der Waals surface area contributed by atoms with Crippen molar-refractivity contribution in [2.45, 2.75) is 59.7 Å². The number of nitrogens with zero attached hydrogens (tertiary/aromatic N) is 2. The molecule has 3 rings (SSSR count). The second-order valence-electron chi connectivity index (χ2n) is 10.4. The minimum atomic E-state index is -3.80. The maximum atomic E-state index is 14.1. The number of carbonyl (C=O) groups is 2. The Kier molecular flexibility index (Phi) is 9.92. The highest BCUT2D eigenvalue weighted by Gasteiger charge is 2.33. The van der Waals surface area contributed by atoms with Crippen LogP contribution in [-0.2, 0) is 32.6 Å². The van der Waals surface area contributed by atoms with Crippen LogP contribution in [-0.4, -0.2) is 50.0 Å². The maximum absolute atomic E-state index is 14.1. The maximum Gasteiger partial charge on any atom is 0.244 e. The Morgan fingerprint density at radius 1 is 0.846 bits per heavy atom. The summed E-state index contributed by atoms with van der Waals surface area (Å²) in [5.74, 6) is -0.742. The molecule has 2 amide bonds. The first-order valence-corrected chi connectivity index (χ1v) is 14.9. The lowest BCUT2D eigenvalue weighted by Crippen LogP contribution is -2.54. The standard InChI is InChI=1S/C31H39N3O4S/c1-22(2)32-31(36)29(19-26-10-8-7-9-11-26)33(20-27-16-13-23(3)14-17-27)30(35)21-34(39(6,37)38)28-18-24(4)12-15-25(28)5/h7-18,22,29H,19-21H2,1-6H3,(H,32,36)/t29-/m1/s1. The van der Waals surface area contributed by atoms with Crippen LogP contribution in [0.4, 0.5) is 5.69 Å². The van der Waals surface area contributed by atoms with E-state index in [0.717, 1.165) is 38.4 Å². The van der Waals surface area contributed by atoms with Gasteiger partial charge >= 0.3 is 0 Å². The number of nitrogens with one attached hydrogen (secondary N) is 1. The number of hydrogen-bond acceptors (Lipinski definition) is 4. The van der Waals surface area contributed by atoms with E-state index in [1.165, 1.54) is 4.90 Å². The van der Waals surface area contributed by atoms with E-state index < -0.39 is 28.5 Å². The number of carbonyl (C=O) groups excluding carboxylic acids is 2. The largest absolute Gasteiger partial charge is 0.352 e. The number of amides is 2. The molecule has 0 aliphatic rings. The highest BCUT2D eigenvalue weighted by molar-refractivity contribution is 7.92. The molecule has 39 heavy (non-hydrogen) atoms. The van der Waals surface area contributed by atoms with Crippen molar-refractivity contribution >= 4 is 27.5 Å². The van der Waals surface area contributed by atoms with Crippen LogP contribution >= 0.6 is 0 Å². The minimum Gasteiger partial charge on any atom is -0.352 e. The molecule has 0 spiro atoms. The Morgan fingerprint density at radius 3 is 2.05 bits per heavy atom. The number of anilines is 1. The quantitative estimate of drug-likeness (QED) is 0.380. The molecule has 0 saturated heterocycles. The zero-order valence-electron chi connectivity index (χ0n) is 23.6. The van der Waals surface area contributed by atoms with Crippen molar-refractivity contribution in [1.82, 2.24) is 10.2 Å². The Bertz CT molecular complexity index is 1390. The molecule has 0 saturated carbocycles. The van der Waals surface area contributed by atoms with Crippen LogP contribution in [0.3, 0.4) is 0 Å². The molecule has 3 aromatic rings. The van der Waals surface area contributed by atoms with E-state index in [0.29, 0.717) is 12.1 Å². The van der Waals surface area contributed by atoms with Crippen molar-refractivity contribution in [2.24, 2.45) is 0 Å². The van der Waals surface area contributed by atoms with Gasteiger partial charge in [0.25, 0.3) is 0 Å². The van der Waals surface area contributed by atoms with E-state index >= 15 is 0 Å². The molecular weight excluding hydrogens is 510 g/mol. The van der Waals surface area contributed by atoms with Crippen LogP contribution in [0.5, 0.6) is 0 Å². The van der Waals surface area contributed by atoms with Crippen molar-refractivity contribution < 1.29 is 18.0 Å². The smallest absolute Gasteiger partial charge is 0.244 e. The lowest BCUT2D eigenvalue weighted by atomic mass is 10.0. The first-order chi connectivity index (χ1) is 18.3. The van der Waals surface area contributed by atoms with Gasteiger partial charge in [0.05, 0.1) is 11.9 Å². The molecule has 0 heterocycles. The molecule has 0 unspecified atom stereocenters. The van der Waals surface area contributed by atoms with Crippen molar-refractivity contribution in [3.05, 3.63) is 101 Å². The Labute approximate surface area is 232 Å². The van der Waals surface area contributed by atoms with Gasteiger partial charge in [-0.05, 0) is 62.9 Å². The second-order valence-corrected chi connectivity index (χ2v) is 12.3. The van der Waals surface area contributed by atoms with Gasteiger partial charge in [0.1, 0.15) is 12.6 Å². The number of aryl methyl sites for hydroxylation is 3. The van der Waals surface area contributed by atoms with Crippen LogP contribution < -0.4 is 9.62 Å². The fraction of sp³-hybridized carbons (Fsp3) is 0.355. The van der Waals surface area contributed by atoms with E-state index in [1.807, 2.05) is 101 Å². The van der Waals surface area contributed by atoms with Gasteiger partial charge in [0.2, 0.25) is 21.8 Å². The fourth-order valence-electron chi connectivity index (χ4n) is 4.41. The highest BCUT2D eigenvalue weighted by Crippen LogP contribution is 2.25. The third-order valence-corrected chi connectivity index (χ3v) is 7.61. The van der Waals surface area contributed by atoms with Crippen molar-refractivity contribution in [2.75, 3.05) is 17.1 Å². The van der Waals surface area contributed by atoms with Crippen LogP contribution in [0.2, 0.25) is 0 Å². The number of benzene rings is 3. The molecule has 208 valence electrons. The summed E-state index contributed by atoms with van der Waals surface area (Å²) < 4.78 is 27.1. The van der Waals surface area contributed by atoms with E-state index in [4.69, 9.17) is 0 Å². The summed E-state index contributed by atoms with van der Waals surface area (Å²) in [5.41, 5.74) is 4.90. The average molecular weight is 550 g/mol. The summed E-state index contributed by atoms with van der Waals surface area (Å²) in [6.45, 7) is 9.15. The molecule has 8 heteroatoms. The topological polar surface area (TPSA) is 86.8 Å². The summed E-state index contributed by atoms with van der Waals surface area (Å²) in [5, 5.41) is 2.96. The molecule has 1 atom stereocenters. The molecule has 0 aromatic heterocycles. The monoisotopic (exact) mass is 549 g/mol. The van der Waals surface area contributed by atoms with Gasteiger partial charge < -0.3 is 10.2 Å². The molecule has 0 aliphatic carbocycles. The SMILES string of the molecule is Cc1ccc(CN(C(=O)CN(c2cc(C)ccc2C)S(C)(=O)=O)[C@H](Cc2ccccc2)C(=O)NC(C)C)cc1. The van der Waals surface area contributed by atoms with E-state index in [9.17, 15) is 18.0 Å². The van der Waals surface area contributed by atoms with Gasteiger partial charge in [0.15, 0.2) is 0 Å². The van der Waals surface area contributed by atoms with Crippen molar-refractivity contribution in [3.63, 3.8) is 0 Å². The van der Waals surface area contributed by atoms with E-state index in [1.54, 1.807) is 6.07 Å². The van der Waals surface area contributed by atoms with Gasteiger partial charge in [-0.25, -0.2) is 8.42 Å². The molecule has 0 bridgehead atoms. The first-order valence-electron chi connectivity index (χ1n) is 13.1. The first kappa shape index (κ1) is 29.9. The normalized spacial score (nSPS) is 12.2. The lowest BCUT2D eigenvalue weighted by molar-refractivity contribution is -0.140. The number of hydrogen-bond donors (Lipinski definition) is 1. The summed E-state index contributed by atoms with van der Waals surface area (Å²) in [7, 11) is -3.80. The third kappa shape index (κ3) is 8.42. The number of sulfonamides is 1. The van der Waals surface area contributed by atoms with Crippen LogP contribution in [0.15, 0.2) is 72.8 Å².